The van der Waals surface area contributed by atoms with Crippen LogP contribution in [0.15, 0.2) is 24.3 Å². The molecule has 0 saturated carbocycles. The molecular formula is C17H21N3O2S. The van der Waals surface area contributed by atoms with Crippen molar-refractivity contribution in [3.63, 3.8) is 0 Å². The monoisotopic (exact) mass is 331 g/mol. The fraction of sp³-hybridized carbons (Fsp3) is 0.529. The van der Waals surface area contributed by atoms with E-state index < -0.39 is 18.1 Å². The maximum atomic E-state index is 12.5. The van der Waals surface area contributed by atoms with Gasteiger partial charge in [-0.05, 0) is 31.5 Å². The van der Waals surface area contributed by atoms with Gasteiger partial charge >= 0.3 is 0 Å². The molecule has 2 aliphatic heterocycles. The molecule has 5 nitrogen and oxygen atoms in total. The molecule has 4 atom stereocenters. The lowest BCUT2D eigenvalue weighted by atomic mass is 9.85. The molecule has 1 aromatic carbocycles. The van der Waals surface area contributed by atoms with Gasteiger partial charge in [0, 0.05) is 24.5 Å². The van der Waals surface area contributed by atoms with Crippen LogP contribution < -0.4 is 4.90 Å². The highest BCUT2D eigenvalue weighted by atomic mass is 32.2. The first-order chi connectivity index (χ1) is 10.8. The smallest absolute Gasteiger partial charge is 0.233 e. The normalized spacial score (nSPS) is 29.5. The molecule has 2 fully saturated rings. The third-order valence-electron chi connectivity index (χ3n) is 4.70. The number of nitrogens with zero attached hydrogens (tertiary/aromatic N) is 3. The Bertz CT molecular complexity index is 665. The number of nitriles is 1. The lowest BCUT2D eigenvalue weighted by Crippen LogP contribution is -2.61. The largest absolute Gasteiger partial charge is 0.387 e. The number of amides is 1. The zero-order valence-electron chi connectivity index (χ0n) is 13.7. The molecule has 3 rings (SSSR count). The molecule has 0 bridgehead atoms. The van der Waals surface area contributed by atoms with Gasteiger partial charge < -0.3 is 14.9 Å². The highest BCUT2D eigenvalue weighted by Crippen LogP contribution is 2.55. The molecule has 23 heavy (non-hydrogen) atoms. The first kappa shape index (κ1) is 16.2. The maximum Gasteiger partial charge on any atom is 0.233 e. The fourth-order valence-electron chi connectivity index (χ4n) is 3.31. The number of hydrogen-bond donors (Lipinski definition) is 1. The second-order valence-corrected chi connectivity index (χ2v) is 8.62. The van der Waals surface area contributed by atoms with Gasteiger partial charge in [0.1, 0.15) is 6.04 Å². The van der Waals surface area contributed by atoms with Gasteiger partial charge in [-0.15, -0.1) is 11.8 Å². The van der Waals surface area contributed by atoms with Crippen molar-refractivity contribution >= 4 is 23.4 Å². The highest BCUT2D eigenvalue weighted by molar-refractivity contribution is 8.01. The first-order valence-corrected chi connectivity index (χ1v) is 8.51. The van der Waals surface area contributed by atoms with Crippen LogP contribution in [0.5, 0.6) is 0 Å². The zero-order valence-corrected chi connectivity index (χ0v) is 14.5. The average Bonchev–Trinajstić information content (AvgIpc) is 2.74. The number of carbonyl (C=O) groups is 1. The van der Waals surface area contributed by atoms with Crippen LogP contribution in [0.3, 0.4) is 0 Å². The van der Waals surface area contributed by atoms with E-state index in [-0.39, 0.29) is 16.0 Å². The van der Waals surface area contributed by atoms with Crippen molar-refractivity contribution in [2.24, 2.45) is 5.92 Å². The topological polar surface area (TPSA) is 67.6 Å². The summed E-state index contributed by atoms with van der Waals surface area (Å²) in [4.78, 5) is 16.1. The summed E-state index contributed by atoms with van der Waals surface area (Å²) in [6, 6.07) is 9.40. The van der Waals surface area contributed by atoms with E-state index in [0.29, 0.717) is 0 Å². The highest BCUT2D eigenvalue weighted by Gasteiger charge is 2.63. The minimum Gasteiger partial charge on any atom is -0.387 e. The number of hydrogen-bond acceptors (Lipinski definition) is 5. The summed E-state index contributed by atoms with van der Waals surface area (Å²) in [7, 11) is 3.91. The second-order valence-electron chi connectivity index (χ2n) is 6.85. The SMILES string of the molecule is CN(C)c1ccc(C(O)[C@H]2C(=O)N3[C@@H]2SC(C)(C)[C@@H]3C#N)cc1. The van der Waals surface area contributed by atoms with Crippen LogP contribution in [-0.2, 0) is 4.79 Å². The van der Waals surface area contributed by atoms with Crippen molar-refractivity contribution in [1.82, 2.24) is 4.90 Å². The molecule has 0 radical (unpaired) electrons. The van der Waals surface area contributed by atoms with E-state index in [2.05, 4.69) is 6.07 Å². The molecular weight excluding hydrogens is 310 g/mol. The standard InChI is InChI=1S/C17H21N3O2S/c1-17(2)12(9-18)20-15(22)13(16(20)23-17)14(21)10-5-7-11(8-6-10)19(3)4/h5-8,12-14,16,21H,1-4H3/t12-,13-,14?,16+/m0/s1. The molecule has 0 spiro atoms. The summed E-state index contributed by atoms with van der Waals surface area (Å²) in [5.41, 5.74) is 1.79. The van der Waals surface area contributed by atoms with Crippen LogP contribution in [0, 0.1) is 17.2 Å². The zero-order chi connectivity index (χ0) is 16.9. The van der Waals surface area contributed by atoms with Crippen LogP contribution in [0.2, 0.25) is 0 Å². The minimum atomic E-state index is -0.833. The van der Waals surface area contributed by atoms with Crippen molar-refractivity contribution in [1.29, 1.82) is 5.26 Å². The number of fused-ring (bicyclic) bond motifs is 1. The van der Waals surface area contributed by atoms with E-state index in [9.17, 15) is 15.2 Å². The van der Waals surface area contributed by atoms with Crippen molar-refractivity contribution in [3.05, 3.63) is 29.8 Å². The fourth-order valence-corrected chi connectivity index (χ4v) is 4.98. The number of aliphatic hydroxyl groups excluding tert-OH is 1. The molecule has 0 aliphatic carbocycles. The molecule has 122 valence electrons. The van der Waals surface area contributed by atoms with Gasteiger partial charge in [-0.2, -0.15) is 5.26 Å². The van der Waals surface area contributed by atoms with E-state index in [1.54, 1.807) is 16.7 Å². The Morgan fingerprint density at radius 3 is 2.48 bits per heavy atom. The molecule has 6 heteroatoms. The van der Waals surface area contributed by atoms with Gasteiger partial charge in [0.05, 0.1) is 23.5 Å². The number of benzene rings is 1. The van der Waals surface area contributed by atoms with Gasteiger partial charge in [0.2, 0.25) is 5.91 Å². The molecule has 0 aromatic heterocycles. The Morgan fingerprint density at radius 1 is 1.35 bits per heavy atom. The molecule has 1 amide bonds. The molecule has 1 unspecified atom stereocenters. The van der Waals surface area contributed by atoms with E-state index in [1.165, 1.54) is 0 Å². The Morgan fingerprint density at radius 2 is 1.96 bits per heavy atom. The summed E-state index contributed by atoms with van der Waals surface area (Å²) in [6.07, 6.45) is -0.833. The summed E-state index contributed by atoms with van der Waals surface area (Å²) in [5.74, 6) is -0.591. The van der Waals surface area contributed by atoms with Crippen LogP contribution in [-0.4, -0.2) is 46.2 Å². The van der Waals surface area contributed by atoms with E-state index in [4.69, 9.17) is 0 Å². The number of thioether (sulfide) groups is 1. The average molecular weight is 331 g/mol. The quantitative estimate of drug-likeness (QED) is 0.858. The Labute approximate surface area is 140 Å². The molecule has 1 N–H and O–H groups in total. The van der Waals surface area contributed by atoms with Crippen molar-refractivity contribution in [3.8, 4) is 6.07 Å². The lowest BCUT2D eigenvalue weighted by molar-refractivity contribution is -0.159. The van der Waals surface area contributed by atoms with Crippen LogP contribution >= 0.6 is 11.8 Å². The summed E-state index contributed by atoms with van der Waals surface area (Å²) in [6.45, 7) is 3.96. The van der Waals surface area contributed by atoms with E-state index >= 15 is 0 Å². The number of anilines is 1. The van der Waals surface area contributed by atoms with Crippen molar-refractivity contribution in [2.45, 2.75) is 36.1 Å². The Kier molecular flexibility index (Phi) is 3.81. The van der Waals surface area contributed by atoms with Gasteiger partial charge in [-0.25, -0.2) is 0 Å². The number of carbonyl (C=O) groups excluding carboxylic acids is 1. The second kappa shape index (κ2) is 5.43. The predicted molar refractivity (Wildman–Crippen MR) is 90.9 cm³/mol. The van der Waals surface area contributed by atoms with Crippen LogP contribution in [0.4, 0.5) is 5.69 Å². The molecule has 2 aliphatic rings. The van der Waals surface area contributed by atoms with Crippen LogP contribution in [0.25, 0.3) is 0 Å². The van der Waals surface area contributed by atoms with Crippen molar-refractivity contribution < 1.29 is 9.90 Å². The number of aliphatic hydroxyl groups is 1. The van der Waals surface area contributed by atoms with Gasteiger partial charge in [0.25, 0.3) is 0 Å². The van der Waals surface area contributed by atoms with Gasteiger partial charge in [0.15, 0.2) is 0 Å². The maximum absolute atomic E-state index is 12.5. The number of rotatable bonds is 3. The van der Waals surface area contributed by atoms with E-state index in [1.807, 2.05) is 57.1 Å². The van der Waals surface area contributed by atoms with Gasteiger partial charge in [-0.1, -0.05) is 12.1 Å². The summed E-state index contributed by atoms with van der Waals surface area (Å²) >= 11 is 1.61. The lowest BCUT2D eigenvalue weighted by Gasteiger charge is -2.45. The minimum absolute atomic E-state index is 0.120. The predicted octanol–water partition coefficient (Wildman–Crippen LogP) is 1.99. The Balaban J connectivity index is 1.81. The van der Waals surface area contributed by atoms with Crippen LogP contribution in [0.1, 0.15) is 25.5 Å². The number of β-lactam (4-membered cyclic amide) rings is 1. The molecule has 2 heterocycles. The third-order valence-corrected chi connectivity index (χ3v) is 6.29. The van der Waals surface area contributed by atoms with Gasteiger partial charge in [-0.3, -0.25) is 4.79 Å². The molecule has 2 saturated heterocycles. The van der Waals surface area contributed by atoms with Crippen molar-refractivity contribution in [2.75, 3.05) is 19.0 Å². The van der Waals surface area contributed by atoms with E-state index in [0.717, 1.165) is 11.3 Å². The third kappa shape index (κ3) is 2.39. The molecule has 1 aromatic rings. The first-order valence-electron chi connectivity index (χ1n) is 7.63. The Hall–Kier alpha value is -1.71. The summed E-state index contributed by atoms with van der Waals surface area (Å²) < 4.78 is -0.307. The summed E-state index contributed by atoms with van der Waals surface area (Å²) in [5, 5.41) is 19.9.